The second-order valence-corrected chi connectivity index (χ2v) is 8.43. The van der Waals surface area contributed by atoms with Crippen molar-refractivity contribution in [2.24, 2.45) is 0 Å². The Bertz CT molecular complexity index is 853. The van der Waals surface area contributed by atoms with E-state index in [0.717, 1.165) is 24.0 Å². The summed E-state index contributed by atoms with van der Waals surface area (Å²) in [5.41, 5.74) is 3.13. The lowest BCUT2D eigenvalue weighted by atomic mass is 9.84. The number of phenolic OH excluding ortho intramolecular Hbond substituents is 1. The lowest BCUT2D eigenvalue weighted by Gasteiger charge is -2.40. The fourth-order valence-corrected chi connectivity index (χ4v) is 3.98. The summed E-state index contributed by atoms with van der Waals surface area (Å²) in [6.07, 6.45) is 6.59. The maximum atomic E-state index is 12.0. The third-order valence-corrected chi connectivity index (χ3v) is 5.87. The number of rotatable bonds is 7. The predicted molar refractivity (Wildman–Crippen MR) is 111 cm³/mol. The molecule has 29 heavy (non-hydrogen) atoms. The lowest BCUT2D eigenvalue weighted by Crippen LogP contribution is -2.49. The van der Waals surface area contributed by atoms with Crippen LogP contribution in [0.2, 0.25) is 0 Å². The minimum absolute atomic E-state index is 0.0152. The number of hydrogen-bond acceptors (Lipinski definition) is 5. The quantitative estimate of drug-likeness (QED) is 0.526. The maximum Gasteiger partial charge on any atom is 0.252 e. The zero-order chi connectivity index (χ0) is 21.2. The molecule has 1 amide bonds. The minimum atomic E-state index is -0.836. The number of aliphatic hydroxyl groups excluding tert-OH is 2. The van der Waals surface area contributed by atoms with Gasteiger partial charge in [0.2, 0.25) is 0 Å². The molecule has 2 aliphatic rings. The van der Waals surface area contributed by atoms with Crippen LogP contribution in [0.1, 0.15) is 67.9 Å². The fourth-order valence-electron chi connectivity index (χ4n) is 3.98. The van der Waals surface area contributed by atoms with Gasteiger partial charge in [-0.15, -0.1) is 0 Å². The number of nitrogens with one attached hydrogen (secondary N) is 1. The molecule has 1 aromatic rings. The van der Waals surface area contributed by atoms with Crippen LogP contribution in [0, 0.1) is 0 Å². The van der Waals surface area contributed by atoms with Gasteiger partial charge < -0.3 is 25.4 Å². The van der Waals surface area contributed by atoms with Crippen LogP contribution < -0.4 is 10.1 Å². The molecule has 6 nitrogen and oxygen atoms in total. The van der Waals surface area contributed by atoms with E-state index in [0.29, 0.717) is 36.3 Å². The van der Waals surface area contributed by atoms with Crippen molar-refractivity contribution in [3.8, 4) is 11.5 Å². The van der Waals surface area contributed by atoms with E-state index >= 15 is 0 Å². The SMILES string of the molecule is CC(C)=CCC/C(=C/CC[C@]1(C)Oc2c(c(O)cc3c2CNC3=O)C[C@@H]1O)CO. The third-order valence-electron chi connectivity index (χ3n) is 5.87. The van der Waals surface area contributed by atoms with Crippen molar-refractivity contribution < 1.29 is 24.9 Å². The molecule has 1 aromatic carbocycles. The third kappa shape index (κ3) is 4.49. The molecule has 0 aromatic heterocycles. The van der Waals surface area contributed by atoms with Gasteiger partial charge in [-0.3, -0.25) is 4.79 Å². The second-order valence-electron chi connectivity index (χ2n) is 8.43. The van der Waals surface area contributed by atoms with Gasteiger partial charge in [-0.1, -0.05) is 17.7 Å². The summed E-state index contributed by atoms with van der Waals surface area (Å²) in [5.74, 6) is 0.279. The molecule has 0 saturated heterocycles. The van der Waals surface area contributed by atoms with Gasteiger partial charge in [0.05, 0.1) is 18.3 Å². The Balaban J connectivity index is 1.74. The molecular weight excluding hydrogens is 370 g/mol. The van der Waals surface area contributed by atoms with Crippen molar-refractivity contribution in [2.45, 2.75) is 71.1 Å². The van der Waals surface area contributed by atoms with Crippen molar-refractivity contribution in [1.29, 1.82) is 0 Å². The lowest BCUT2D eigenvalue weighted by molar-refractivity contribution is -0.0598. The Morgan fingerprint density at radius 1 is 1.31 bits per heavy atom. The van der Waals surface area contributed by atoms with Gasteiger partial charge in [0, 0.05) is 24.1 Å². The highest BCUT2D eigenvalue weighted by Crippen LogP contribution is 2.44. The molecule has 2 atom stereocenters. The molecule has 6 heteroatoms. The fraction of sp³-hybridized carbons (Fsp3) is 0.522. The van der Waals surface area contributed by atoms with Gasteiger partial charge in [0.25, 0.3) is 5.91 Å². The number of hydrogen-bond donors (Lipinski definition) is 4. The molecule has 0 fully saturated rings. The summed E-state index contributed by atoms with van der Waals surface area (Å²) < 4.78 is 6.23. The van der Waals surface area contributed by atoms with E-state index in [1.165, 1.54) is 11.6 Å². The highest BCUT2D eigenvalue weighted by atomic mass is 16.5. The molecule has 0 aliphatic carbocycles. The number of aliphatic hydroxyl groups is 2. The van der Waals surface area contributed by atoms with Crippen LogP contribution in [0.15, 0.2) is 29.4 Å². The topological polar surface area (TPSA) is 99.0 Å². The van der Waals surface area contributed by atoms with Crippen LogP contribution in [-0.2, 0) is 13.0 Å². The van der Waals surface area contributed by atoms with Crippen molar-refractivity contribution >= 4 is 5.91 Å². The summed E-state index contributed by atoms with van der Waals surface area (Å²) in [5, 5.41) is 33.4. The number of ether oxygens (including phenoxy) is 1. The molecule has 0 unspecified atom stereocenters. The molecular formula is C23H31NO5. The molecule has 4 N–H and O–H groups in total. The first-order chi connectivity index (χ1) is 13.7. The molecule has 0 spiro atoms. The Kier molecular flexibility index (Phi) is 6.34. The van der Waals surface area contributed by atoms with Crippen molar-refractivity contribution in [1.82, 2.24) is 5.32 Å². The zero-order valence-electron chi connectivity index (χ0n) is 17.4. The van der Waals surface area contributed by atoms with E-state index in [1.807, 2.05) is 13.0 Å². The smallest absolute Gasteiger partial charge is 0.252 e. The van der Waals surface area contributed by atoms with Crippen LogP contribution in [0.5, 0.6) is 11.5 Å². The van der Waals surface area contributed by atoms with Crippen LogP contribution in [0.3, 0.4) is 0 Å². The van der Waals surface area contributed by atoms with E-state index in [9.17, 15) is 20.1 Å². The predicted octanol–water partition coefficient (Wildman–Crippen LogP) is 3.14. The molecule has 0 radical (unpaired) electrons. The van der Waals surface area contributed by atoms with E-state index in [1.54, 1.807) is 0 Å². The number of allylic oxidation sites excluding steroid dienone is 3. The largest absolute Gasteiger partial charge is 0.508 e. The number of aromatic hydroxyl groups is 1. The van der Waals surface area contributed by atoms with E-state index < -0.39 is 11.7 Å². The van der Waals surface area contributed by atoms with E-state index in [2.05, 4.69) is 25.2 Å². The van der Waals surface area contributed by atoms with E-state index in [4.69, 9.17) is 4.74 Å². The number of fused-ring (bicyclic) bond motifs is 3. The first-order valence-corrected chi connectivity index (χ1v) is 10.2. The summed E-state index contributed by atoms with van der Waals surface area (Å²) in [6.45, 7) is 6.36. The molecule has 2 heterocycles. The normalized spacial score (nSPS) is 23.1. The van der Waals surface area contributed by atoms with Crippen LogP contribution in [0.25, 0.3) is 0 Å². The molecule has 0 saturated carbocycles. The Morgan fingerprint density at radius 2 is 2.07 bits per heavy atom. The number of benzene rings is 1. The van der Waals surface area contributed by atoms with Gasteiger partial charge in [-0.05, 0) is 58.1 Å². The Labute approximate surface area is 171 Å². The van der Waals surface area contributed by atoms with Crippen molar-refractivity contribution in [3.63, 3.8) is 0 Å². The number of carbonyl (C=O) groups is 1. The first-order valence-electron chi connectivity index (χ1n) is 10.2. The van der Waals surface area contributed by atoms with Crippen molar-refractivity contribution in [2.75, 3.05) is 6.61 Å². The minimum Gasteiger partial charge on any atom is -0.508 e. The van der Waals surface area contributed by atoms with Gasteiger partial charge in [0.15, 0.2) is 0 Å². The van der Waals surface area contributed by atoms with Gasteiger partial charge in [0.1, 0.15) is 17.1 Å². The molecule has 2 aliphatic heterocycles. The van der Waals surface area contributed by atoms with Gasteiger partial charge in [-0.2, -0.15) is 0 Å². The second kappa shape index (κ2) is 8.59. The highest BCUT2D eigenvalue weighted by Gasteiger charge is 2.43. The molecule has 158 valence electrons. The number of phenols is 1. The van der Waals surface area contributed by atoms with Gasteiger partial charge in [-0.25, -0.2) is 0 Å². The average molecular weight is 402 g/mol. The summed E-state index contributed by atoms with van der Waals surface area (Å²) >= 11 is 0. The molecule has 0 bridgehead atoms. The summed E-state index contributed by atoms with van der Waals surface area (Å²) in [6, 6.07) is 1.46. The number of amides is 1. The van der Waals surface area contributed by atoms with Gasteiger partial charge >= 0.3 is 0 Å². The monoisotopic (exact) mass is 401 g/mol. The summed E-state index contributed by atoms with van der Waals surface area (Å²) in [4.78, 5) is 12.0. The Morgan fingerprint density at radius 3 is 2.76 bits per heavy atom. The standard InChI is InChI=1S/C23H31NO5/c1-14(2)6-4-7-15(13-25)8-5-9-23(3)20(27)11-17-19(26)10-16-18(21(17)29-23)12-24-22(16)28/h6,8,10,20,25-27H,4-5,7,9,11-13H2,1-3H3,(H,24,28)/b15-8-/t20-,23-/m0/s1. The van der Waals surface area contributed by atoms with Crippen molar-refractivity contribution in [3.05, 3.63) is 46.1 Å². The zero-order valence-corrected chi connectivity index (χ0v) is 17.4. The van der Waals surface area contributed by atoms with Crippen LogP contribution in [0.4, 0.5) is 0 Å². The van der Waals surface area contributed by atoms with Crippen LogP contribution >= 0.6 is 0 Å². The van der Waals surface area contributed by atoms with Crippen LogP contribution in [-0.4, -0.2) is 39.5 Å². The van der Waals surface area contributed by atoms with E-state index in [-0.39, 0.29) is 24.7 Å². The molecule has 3 rings (SSSR count). The summed E-state index contributed by atoms with van der Waals surface area (Å²) in [7, 11) is 0. The maximum absolute atomic E-state index is 12.0. The first kappa shape index (κ1) is 21.4. The highest BCUT2D eigenvalue weighted by molar-refractivity contribution is 6.00. The number of carbonyl (C=O) groups excluding carboxylic acids is 1. The Hall–Kier alpha value is -2.31. The average Bonchev–Trinajstić information content (AvgIpc) is 3.03.